The summed E-state index contributed by atoms with van der Waals surface area (Å²) in [4.78, 5) is 31.7. The summed E-state index contributed by atoms with van der Waals surface area (Å²) < 4.78 is 14.2. The highest BCUT2D eigenvalue weighted by Crippen LogP contribution is 2.52. The lowest BCUT2D eigenvalue weighted by atomic mass is 9.85. The van der Waals surface area contributed by atoms with Gasteiger partial charge in [0.1, 0.15) is 5.82 Å². The molecule has 1 heterocycles. The third-order valence-electron chi connectivity index (χ3n) is 7.37. The molecule has 2 bridgehead atoms. The standard InChI is InChI=1S/C24H29FN4O2/c1-2-26-23(28-14-24(9-10-24)17-5-3-4-6-18(17)25)27-11-12-29-21(30)19-15-7-8-16(13-15)20(19)22(29)31/h3-8,15-16,19-20H,2,9-14H2,1H3,(H2,26,27,28). The Hall–Kier alpha value is -2.70. The number of hydrogen-bond donors (Lipinski definition) is 2. The van der Waals surface area contributed by atoms with E-state index < -0.39 is 0 Å². The highest BCUT2D eigenvalue weighted by molar-refractivity contribution is 6.06. The number of nitrogens with zero attached hydrogens (tertiary/aromatic N) is 2. The molecule has 3 aliphatic carbocycles. The predicted molar refractivity (Wildman–Crippen MR) is 116 cm³/mol. The maximum absolute atomic E-state index is 14.2. The average molecular weight is 425 g/mol. The molecule has 4 unspecified atom stereocenters. The number of fused-ring (bicyclic) bond motifs is 5. The van der Waals surface area contributed by atoms with Crippen LogP contribution in [0.2, 0.25) is 0 Å². The van der Waals surface area contributed by atoms with Crippen LogP contribution in [0.1, 0.15) is 31.7 Å². The highest BCUT2D eigenvalue weighted by atomic mass is 19.1. The maximum atomic E-state index is 14.2. The molecule has 2 amide bonds. The molecule has 3 fully saturated rings. The van der Waals surface area contributed by atoms with Crippen molar-refractivity contribution >= 4 is 17.8 Å². The van der Waals surface area contributed by atoms with Gasteiger partial charge in [0.25, 0.3) is 0 Å². The molecule has 0 spiro atoms. The first-order chi connectivity index (χ1) is 15.0. The SMILES string of the molecule is CCNC(=NCC1(c2ccccc2F)CC1)NCCN1C(=O)C2C3C=CC(C3)C2C1=O. The summed E-state index contributed by atoms with van der Waals surface area (Å²) in [7, 11) is 0. The molecule has 1 aliphatic heterocycles. The van der Waals surface area contributed by atoms with Crippen molar-refractivity contribution in [2.24, 2.45) is 28.7 Å². The molecule has 5 rings (SSSR count). The van der Waals surface area contributed by atoms with E-state index in [4.69, 9.17) is 0 Å². The van der Waals surface area contributed by atoms with Crippen LogP contribution in [-0.4, -0.2) is 48.9 Å². The van der Waals surface area contributed by atoms with Crippen molar-refractivity contribution < 1.29 is 14.0 Å². The number of allylic oxidation sites excluding steroid dienone is 2. The Morgan fingerprint density at radius 1 is 1.13 bits per heavy atom. The van der Waals surface area contributed by atoms with Crippen LogP contribution in [-0.2, 0) is 15.0 Å². The first kappa shape index (κ1) is 20.2. The van der Waals surface area contributed by atoms with Crippen LogP contribution in [0.25, 0.3) is 0 Å². The minimum atomic E-state index is -0.224. The van der Waals surface area contributed by atoms with E-state index in [2.05, 4.69) is 27.8 Å². The quantitative estimate of drug-likeness (QED) is 0.305. The van der Waals surface area contributed by atoms with Gasteiger partial charge in [-0.05, 0) is 49.7 Å². The molecule has 31 heavy (non-hydrogen) atoms. The first-order valence-electron chi connectivity index (χ1n) is 11.3. The van der Waals surface area contributed by atoms with Gasteiger partial charge >= 0.3 is 0 Å². The number of guanidine groups is 1. The van der Waals surface area contributed by atoms with E-state index in [-0.39, 0.29) is 46.7 Å². The van der Waals surface area contributed by atoms with Gasteiger partial charge in [-0.1, -0.05) is 30.4 Å². The molecule has 4 aliphatic rings. The number of likely N-dealkylation sites (tertiary alicyclic amines) is 1. The molecule has 6 nitrogen and oxygen atoms in total. The summed E-state index contributed by atoms with van der Waals surface area (Å²) in [5.74, 6) is 0.575. The number of carbonyl (C=O) groups excluding carboxylic acids is 2. The van der Waals surface area contributed by atoms with Gasteiger partial charge in [0, 0.05) is 25.0 Å². The Morgan fingerprint density at radius 2 is 1.81 bits per heavy atom. The first-order valence-corrected chi connectivity index (χ1v) is 11.3. The molecule has 164 valence electrons. The van der Waals surface area contributed by atoms with Crippen molar-refractivity contribution in [1.82, 2.24) is 15.5 Å². The summed E-state index contributed by atoms with van der Waals surface area (Å²) in [5.41, 5.74) is 0.510. The number of imide groups is 1. The van der Waals surface area contributed by atoms with Crippen molar-refractivity contribution in [3.63, 3.8) is 0 Å². The van der Waals surface area contributed by atoms with E-state index in [1.807, 2.05) is 19.1 Å². The number of carbonyl (C=O) groups is 2. The highest BCUT2D eigenvalue weighted by Gasteiger charge is 2.59. The van der Waals surface area contributed by atoms with E-state index in [1.165, 1.54) is 11.0 Å². The summed E-state index contributed by atoms with van der Waals surface area (Å²) in [6.07, 6.45) is 7.01. The summed E-state index contributed by atoms with van der Waals surface area (Å²) >= 11 is 0. The van der Waals surface area contributed by atoms with Crippen LogP contribution in [0.5, 0.6) is 0 Å². The molecular formula is C24H29FN4O2. The molecule has 7 heteroatoms. The molecule has 1 aromatic carbocycles. The van der Waals surface area contributed by atoms with Gasteiger partial charge in [0.05, 0.1) is 18.4 Å². The van der Waals surface area contributed by atoms with Crippen molar-refractivity contribution in [3.8, 4) is 0 Å². The van der Waals surface area contributed by atoms with E-state index in [1.54, 1.807) is 6.07 Å². The van der Waals surface area contributed by atoms with Gasteiger partial charge in [-0.2, -0.15) is 0 Å². The monoisotopic (exact) mass is 424 g/mol. The van der Waals surface area contributed by atoms with Crippen molar-refractivity contribution in [2.45, 2.75) is 31.6 Å². The lowest BCUT2D eigenvalue weighted by molar-refractivity contribution is -0.140. The number of amides is 2. The zero-order valence-electron chi connectivity index (χ0n) is 17.8. The molecule has 0 radical (unpaired) electrons. The van der Waals surface area contributed by atoms with Crippen LogP contribution in [0.4, 0.5) is 4.39 Å². The van der Waals surface area contributed by atoms with Gasteiger partial charge in [-0.3, -0.25) is 19.5 Å². The van der Waals surface area contributed by atoms with Crippen molar-refractivity contribution in [1.29, 1.82) is 0 Å². The third-order valence-corrected chi connectivity index (χ3v) is 7.37. The van der Waals surface area contributed by atoms with Crippen molar-refractivity contribution in [2.75, 3.05) is 26.2 Å². The lowest BCUT2D eigenvalue weighted by Crippen LogP contribution is -2.44. The summed E-state index contributed by atoms with van der Waals surface area (Å²) in [6.45, 7) is 3.97. The number of benzene rings is 1. The molecule has 2 N–H and O–H groups in total. The second-order valence-corrected chi connectivity index (χ2v) is 9.21. The van der Waals surface area contributed by atoms with Crippen LogP contribution in [0, 0.1) is 29.5 Å². The number of aliphatic imine (C=N–C) groups is 1. The topological polar surface area (TPSA) is 73.8 Å². The minimum absolute atomic E-state index is 0.0212. The Morgan fingerprint density at radius 3 is 2.42 bits per heavy atom. The van der Waals surface area contributed by atoms with E-state index in [9.17, 15) is 14.0 Å². The van der Waals surface area contributed by atoms with Gasteiger partial charge in [0.2, 0.25) is 11.8 Å². The molecule has 4 atom stereocenters. The summed E-state index contributed by atoms with van der Waals surface area (Å²) in [6, 6.07) is 6.93. The van der Waals surface area contributed by atoms with Crippen LogP contribution in [0.3, 0.4) is 0 Å². The Bertz CT molecular complexity index is 925. The number of rotatable bonds is 7. The largest absolute Gasteiger partial charge is 0.357 e. The van der Waals surface area contributed by atoms with E-state index in [0.717, 1.165) is 24.8 Å². The second-order valence-electron chi connectivity index (χ2n) is 9.21. The molecule has 1 saturated heterocycles. The smallest absolute Gasteiger partial charge is 0.233 e. The molecular weight excluding hydrogens is 395 g/mol. The molecule has 1 aromatic rings. The maximum Gasteiger partial charge on any atom is 0.233 e. The van der Waals surface area contributed by atoms with Gasteiger partial charge in [-0.25, -0.2) is 4.39 Å². The fourth-order valence-corrected chi connectivity index (χ4v) is 5.60. The van der Waals surface area contributed by atoms with Crippen molar-refractivity contribution in [3.05, 3.63) is 47.8 Å². The zero-order chi connectivity index (χ0) is 21.6. The van der Waals surface area contributed by atoms with Gasteiger partial charge in [0.15, 0.2) is 5.96 Å². The average Bonchev–Trinajstić information content (AvgIpc) is 3.14. The van der Waals surface area contributed by atoms with Crippen LogP contribution < -0.4 is 10.6 Å². The van der Waals surface area contributed by atoms with Gasteiger partial charge < -0.3 is 10.6 Å². The van der Waals surface area contributed by atoms with E-state index in [0.29, 0.717) is 32.1 Å². The number of hydrogen-bond acceptors (Lipinski definition) is 3. The van der Waals surface area contributed by atoms with Crippen LogP contribution in [0.15, 0.2) is 41.4 Å². The fourth-order valence-electron chi connectivity index (χ4n) is 5.60. The van der Waals surface area contributed by atoms with Gasteiger partial charge in [-0.15, -0.1) is 0 Å². The molecule has 2 saturated carbocycles. The predicted octanol–water partition coefficient (Wildman–Crippen LogP) is 2.22. The summed E-state index contributed by atoms with van der Waals surface area (Å²) in [5, 5.41) is 6.45. The number of halogens is 1. The Kier molecular flexibility index (Phi) is 5.07. The normalized spacial score (nSPS) is 30.1. The Labute approximate surface area is 182 Å². The number of nitrogens with one attached hydrogen (secondary N) is 2. The lowest BCUT2D eigenvalue weighted by Gasteiger charge is -2.19. The Balaban J connectivity index is 1.19. The second kappa shape index (κ2) is 7.77. The van der Waals surface area contributed by atoms with Crippen LogP contribution >= 0.6 is 0 Å². The fraction of sp³-hybridized carbons (Fsp3) is 0.542. The third kappa shape index (κ3) is 3.44. The molecule has 0 aromatic heterocycles. The zero-order valence-corrected chi connectivity index (χ0v) is 17.8. The minimum Gasteiger partial charge on any atom is -0.357 e. The van der Waals surface area contributed by atoms with E-state index >= 15 is 0 Å².